The van der Waals surface area contributed by atoms with Crippen LogP contribution >= 0.6 is 11.6 Å². The highest BCUT2D eigenvalue weighted by Gasteiger charge is 2.42. The minimum atomic E-state index is -4.77. The lowest BCUT2D eigenvalue weighted by atomic mass is 9.96. The summed E-state index contributed by atoms with van der Waals surface area (Å²) in [6.45, 7) is 0.544. The Kier molecular flexibility index (Phi) is 6.22. The second kappa shape index (κ2) is 8.76. The number of rotatable bonds is 5. The topological polar surface area (TPSA) is 86.5 Å². The Morgan fingerprint density at radius 2 is 1.89 bits per heavy atom. The molecule has 0 fully saturated rings. The van der Waals surface area contributed by atoms with Gasteiger partial charge in [0.1, 0.15) is 18.0 Å². The summed E-state index contributed by atoms with van der Waals surface area (Å²) in [5, 5.41) is 16.7. The van der Waals surface area contributed by atoms with Crippen molar-refractivity contribution in [1.29, 1.82) is 0 Å². The van der Waals surface area contributed by atoms with Crippen molar-refractivity contribution in [2.45, 2.75) is 37.7 Å². The Hall–Kier alpha value is -3.25. The smallest absolute Gasteiger partial charge is 0.416 e. The van der Waals surface area contributed by atoms with Crippen LogP contribution in [-0.4, -0.2) is 33.0 Å². The van der Waals surface area contributed by atoms with Crippen LogP contribution in [0.2, 0.25) is 5.02 Å². The summed E-state index contributed by atoms with van der Waals surface area (Å²) in [5.41, 5.74) is -1.24. The molecule has 35 heavy (non-hydrogen) atoms. The highest BCUT2D eigenvalue weighted by atomic mass is 35.5. The zero-order valence-electron chi connectivity index (χ0n) is 18.1. The molecule has 0 spiro atoms. The van der Waals surface area contributed by atoms with E-state index in [0.29, 0.717) is 6.92 Å². The van der Waals surface area contributed by atoms with Crippen molar-refractivity contribution in [2.24, 2.45) is 0 Å². The van der Waals surface area contributed by atoms with Crippen molar-refractivity contribution in [3.05, 3.63) is 69.8 Å². The fourth-order valence-corrected chi connectivity index (χ4v) is 4.20. The van der Waals surface area contributed by atoms with Gasteiger partial charge in [-0.3, -0.25) is 9.36 Å². The number of hydrogen-bond acceptors (Lipinski definition) is 5. The standard InChI is InChI=1S/C22H17ClF5N3O4/c1-21(24,25)20-30-29-19-15(9-16(32)33)35-18(11-4-3-5-14(34-2)17(11)23)12-8-10(22(26,27)28)6-7-13(12)31(19)20/h3-8,15,18H,9H2,1-2H3,(H,32,33)/t15-,18-/m0/s1. The van der Waals surface area contributed by atoms with Crippen LogP contribution < -0.4 is 4.74 Å². The van der Waals surface area contributed by atoms with E-state index < -0.39 is 48.1 Å². The minimum absolute atomic E-state index is 0.00357. The maximum atomic E-state index is 14.4. The second-order valence-electron chi connectivity index (χ2n) is 7.84. The molecule has 0 aliphatic carbocycles. The van der Waals surface area contributed by atoms with Crippen LogP contribution in [0.25, 0.3) is 5.69 Å². The number of benzene rings is 2. The molecule has 1 aliphatic rings. The fourth-order valence-electron chi connectivity index (χ4n) is 3.90. The first-order valence-electron chi connectivity index (χ1n) is 10.1. The van der Waals surface area contributed by atoms with Gasteiger partial charge in [0.15, 0.2) is 5.82 Å². The number of carbonyl (C=O) groups is 1. The normalized spacial score (nSPS) is 17.9. The SMILES string of the molecule is COc1cccc([C@@H]2O[C@@H](CC(=O)O)c3nnc(C(C)(F)F)n3-c3ccc(C(F)(F)F)cc32)c1Cl. The Bertz CT molecular complexity index is 1290. The molecule has 0 unspecified atom stereocenters. The number of carboxylic acid groups (broad SMARTS) is 1. The summed E-state index contributed by atoms with van der Waals surface area (Å²) >= 11 is 6.44. The van der Waals surface area contributed by atoms with Gasteiger partial charge in [0.2, 0.25) is 5.82 Å². The van der Waals surface area contributed by atoms with Crippen LogP contribution in [0.3, 0.4) is 0 Å². The van der Waals surface area contributed by atoms with Crippen molar-refractivity contribution < 1.29 is 41.3 Å². The summed E-state index contributed by atoms with van der Waals surface area (Å²) < 4.78 is 81.8. The average molecular weight is 518 g/mol. The van der Waals surface area contributed by atoms with Crippen molar-refractivity contribution in [3.8, 4) is 11.4 Å². The number of hydrogen-bond donors (Lipinski definition) is 1. The average Bonchev–Trinajstić information content (AvgIpc) is 3.17. The van der Waals surface area contributed by atoms with E-state index in [4.69, 9.17) is 21.1 Å². The van der Waals surface area contributed by atoms with Gasteiger partial charge in [0, 0.05) is 18.1 Å². The molecule has 2 heterocycles. The monoisotopic (exact) mass is 517 g/mol. The second-order valence-corrected chi connectivity index (χ2v) is 8.22. The largest absolute Gasteiger partial charge is 0.495 e. The van der Waals surface area contributed by atoms with Gasteiger partial charge >= 0.3 is 18.1 Å². The van der Waals surface area contributed by atoms with Gasteiger partial charge in [0.05, 0.1) is 29.8 Å². The third-order valence-electron chi connectivity index (χ3n) is 5.40. The van der Waals surface area contributed by atoms with Gasteiger partial charge < -0.3 is 14.6 Å². The molecule has 1 aromatic heterocycles. The van der Waals surface area contributed by atoms with Gasteiger partial charge in [-0.05, 0) is 24.3 Å². The van der Waals surface area contributed by atoms with Crippen LogP contribution in [0.15, 0.2) is 36.4 Å². The number of alkyl halides is 5. The van der Waals surface area contributed by atoms with E-state index >= 15 is 0 Å². The highest BCUT2D eigenvalue weighted by molar-refractivity contribution is 6.32. The Labute approximate surface area is 200 Å². The number of aromatic nitrogens is 3. The number of nitrogens with zero attached hydrogens (tertiary/aromatic N) is 3. The summed E-state index contributed by atoms with van der Waals surface area (Å²) in [7, 11) is 1.33. The lowest BCUT2D eigenvalue weighted by molar-refractivity contribution is -0.141. The highest BCUT2D eigenvalue weighted by Crippen LogP contribution is 2.47. The molecule has 0 saturated carbocycles. The molecule has 4 rings (SSSR count). The predicted molar refractivity (Wildman–Crippen MR) is 112 cm³/mol. The summed E-state index contributed by atoms with van der Waals surface area (Å²) in [4.78, 5) is 11.6. The van der Waals surface area contributed by atoms with E-state index in [1.165, 1.54) is 25.3 Å². The van der Waals surface area contributed by atoms with Crippen LogP contribution in [0.4, 0.5) is 22.0 Å². The molecule has 7 nitrogen and oxygen atoms in total. The van der Waals surface area contributed by atoms with Gasteiger partial charge in [-0.1, -0.05) is 23.7 Å². The molecule has 2 atom stereocenters. The molecule has 13 heteroatoms. The molecule has 0 saturated heterocycles. The van der Waals surface area contributed by atoms with Crippen molar-refractivity contribution in [2.75, 3.05) is 7.11 Å². The molecule has 0 amide bonds. The first kappa shape index (κ1) is 24.9. The van der Waals surface area contributed by atoms with Crippen LogP contribution in [0.1, 0.15) is 53.9 Å². The van der Waals surface area contributed by atoms with E-state index in [9.17, 15) is 31.9 Å². The zero-order chi connectivity index (χ0) is 25.7. The Morgan fingerprint density at radius 3 is 2.49 bits per heavy atom. The molecule has 1 aliphatic heterocycles. The lowest BCUT2D eigenvalue weighted by Gasteiger charge is -2.24. The number of halogens is 6. The molecule has 0 radical (unpaired) electrons. The summed E-state index contributed by atoms with van der Waals surface area (Å²) in [6.07, 6.45) is -8.34. The maximum Gasteiger partial charge on any atom is 0.416 e. The van der Waals surface area contributed by atoms with Crippen LogP contribution in [-0.2, 0) is 21.6 Å². The van der Waals surface area contributed by atoms with Crippen LogP contribution in [0.5, 0.6) is 5.75 Å². The van der Waals surface area contributed by atoms with E-state index in [2.05, 4.69) is 10.2 Å². The molecular weight excluding hydrogens is 501 g/mol. The lowest BCUT2D eigenvalue weighted by Crippen LogP contribution is -2.18. The van der Waals surface area contributed by atoms with E-state index in [-0.39, 0.29) is 33.4 Å². The number of ether oxygens (including phenoxy) is 2. The third kappa shape index (κ3) is 4.55. The van der Waals surface area contributed by atoms with Gasteiger partial charge in [-0.2, -0.15) is 22.0 Å². The molecule has 3 aromatic rings. The van der Waals surface area contributed by atoms with Gasteiger partial charge in [0.25, 0.3) is 0 Å². The fraction of sp³-hybridized carbons (Fsp3) is 0.318. The third-order valence-corrected chi connectivity index (χ3v) is 5.81. The first-order valence-corrected chi connectivity index (χ1v) is 10.5. The van der Waals surface area contributed by atoms with Gasteiger partial charge in [-0.15, -0.1) is 10.2 Å². The summed E-state index contributed by atoms with van der Waals surface area (Å²) in [6, 6.07) is 6.95. The van der Waals surface area contributed by atoms with Crippen molar-refractivity contribution in [3.63, 3.8) is 0 Å². The van der Waals surface area contributed by atoms with E-state index in [1.807, 2.05) is 0 Å². The number of carboxylic acids is 1. The maximum absolute atomic E-state index is 14.4. The number of fused-ring (bicyclic) bond motifs is 3. The Balaban J connectivity index is 2.07. The minimum Gasteiger partial charge on any atom is -0.495 e. The van der Waals surface area contributed by atoms with E-state index in [1.54, 1.807) is 0 Å². The van der Waals surface area contributed by atoms with Gasteiger partial charge in [-0.25, -0.2) is 0 Å². The molecular formula is C22H17ClF5N3O4. The van der Waals surface area contributed by atoms with Crippen molar-refractivity contribution in [1.82, 2.24) is 14.8 Å². The number of methoxy groups -OCH3 is 1. The molecule has 186 valence electrons. The number of aliphatic carboxylic acids is 1. The predicted octanol–water partition coefficient (Wildman–Crippen LogP) is 5.70. The molecule has 1 N–H and O–H groups in total. The quantitative estimate of drug-likeness (QED) is 0.437. The first-order chi connectivity index (χ1) is 16.3. The summed E-state index contributed by atoms with van der Waals surface area (Å²) in [5.74, 6) is -5.92. The van der Waals surface area contributed by atoms with Crippen LogP contribution in [0, 0.1) is 0 Å². The molecule has 0 bridgehead atoms. The van der Waals surface area contributed by atoms with Crippen molar-refractivity contribution >= 4 is 17.6 Å². The zero-order valence-corrected chi connectivity index (χ0v) is 18.9. The van der Waals surface area contributed by atoms with E-state index in [0.717, 1.165) is 22.8 Å². The Morgan fingerprint density at radius 1 is 1.17 bits per heavy atom. The molecule has 2 aromatic carbocycles.